The van der Waals surface area contributed by atoms with Gasteiger partial charge in [0.15, 0.2) is 0 Å². The fraction of sp³-hybridized carbons (Fsp3) is 0.529. The Morgan fingerprint density at radius 2 is 1.95 bits per heavy atom. The average molecular weight is 287 g/mol. The summed E-state index contributed by atoms with van der Waals surface area (Å²) >= 11 is 0. The minimum atomic E-state index is -0.274. The molecule has 4 nitrogen and oxygen atoms in total. The molecule has 1 saturated heterocycles. The number of ether oxygens (including phenoxy) is 1. The molecule has 1 aromatic carbocycles. The Labute approximate surface area is 125 Å². The number of para-hydroxylation sites is 1. The molecule has 0 radical (unpaired) electrons. The van der Waals surface area contributed by atoms with Crippen LogP contribution < -0.4 is 4.74 Å². The van der Waals surface area contributed by atoms with E-state index in [0.29, 0.717) is 18.2 Å². The van der Waals surface area contributed by atoms with Crippen molar-refractivity contribution in [1.82, 2.24) is 4.90 Å². The zero-order valence-corrected chi connectivity index (χ0v) is 12.2. The van der Waals surface area contributed by atoms with Gasteiger partial charge in [0.25, 0.3) is 0 Å². The van der Waals surface area contributed by atoms with Crippen molar-refractivity contribution in [1.29, 1.82) is 0 Å². The molecular weight excluding hydrogens is 266 g/mol. The lowest BCUT2D eigenvalue weighted by Crippen LogP contribution is -2.30. The Kier molecular flexibility index (Phi) is 4.23. The van der Waals surface area contributed by atoms with Crippen LogP contribution in [0.4, 0.5) is 0 Å². The molecule has 1 amide bonds. The molecular formula is C17H21NO3. The van der Waals surface area contributed by atoms with Crippen LogP contribution in [-0.4, -0.2) is 29.9 Å². The van der Waals surface area contributed by atoms with Crippen LogP contribution in [0.1, 0.15) is 32.1 Å². The molecule has 21 heavy (non-hydrogen) atoms. The number of carbonyl (C=O) groups is 2. The summed E-state index contributed by atoms with van der Waals surface area (Å²) in [5.74, 6) is 1.25. The van der Waals surface area contributed by atoms with Gasteiger partial charge in [0, 0.05) is 19.0 Å². The molecule has 0 N–H and O–H groups in total. The summed E-state index contributed by atoms with van der Waals surface area (Å²) in [6.07, 6.45) is 4.84. The molecule has 2 fully saturated rings. The van der Waals surface area contributed by atoms with Crippen LogP contribution in [0.3, 0.4) is 0 Å². The van der Waals surface area contributed by atoms with E-state index in [4.69, 9.17) is 4.74 Å². The van der Waals surface area contributed by atoms with Gasteiger partial charge in [0.05, 0.1) is 6.42 Å². The fourth-order valence-electron chi connectivity index (χ4n) is 3.46. The normalized spacial score (nSPS) is 24.8. The number of hydrogen-bond donors (Lipinski definition) is 0. The smallest absolute Gasteiger partial charge is 0.312 e. The Balaban J connectivity index is 1.49. The van der Waals surface area contributed by atoms with Crippen LogP contribution in [0.25, 0.3) is 0 Å². The lowest BCUT2D eigenvalue weighted by atomic mass is 9.81. The summed E-state index contributed by atoms with van der Waals surface area (Å²) in [5, 5.41) is 0. The van der Waals surface area contributed by atoms with E-state index in [1.54, 1.807) is 12.1 Å². The number of carbonyl (C=O) groups excluding carboxylic acids is 2. The molecule has 2 aliphatic rings. The van der Waals surface area contributed by atoms with Gasteiger partial charge in [-0.25, -0.2) is 0 Å². The molecule has 2 unspecified atom stereocenters. The predicted molar refractivity (Wildman–Crippen MR) is 78.7 cm³/mol. The molecule has 4 heteroatoms. The van der Waals surface area contributed by atoms with Crippen LogP contribution in [-0.2, 0) is 9.59 Å². The van der Waals surface area contributed by atoms with Gasteiger partial charge in [0.1, 0.15) is 5.75 Å². The lowest BCUT2D eigenvalue weighted by Gasteiger charge is -2.21. The SMILES string of the molecule is O=C(CCN1CC2CCCCC2C1=O)Oc1ccccc1. The monoisotopic (exact) mass is 287 g/mol. The molecule has 112 valence electrons. The number of fused-ring (bicyclic) bond motifs is 1. The fourth-order valence-corrected chi connectivity index (χ4v) is 3.46. The van der Waals surface area contributed by atoms with E-state index in [-0.39, 0.29) is 24.2 Å². The zero-order valence-electron chi connectivity index (χ0n) is 12.2. The molecule has 0 bridgehead atoms. The number of esters is 1. The first-order valence-corrected chi connectivity index (χ1v) is 7.78. The molecule has 1 saturated carbocycles. The first-order chi connectivity index (χ1) is 10.2. The topological polar surface area (TPSA) is 46.6 Å². The van der Waals surface area contributed by atoms with Crippen molar-refractivity contribution in [3.8, 4) is 5.75 Å². The number of benzene rings is 1. The summed E-state index contributed by atoms with van der Waals surface area (Å²) in [6.45, 7) is 1.31. The summed E-state index contributed by atoms with van der Waals surface area (Å²) in [4.78, 5) is 26.0. The van der Waals surface area contributed by atoms with E-state index < -0.39 is 0 Å². The minimum Gasteiger partial charge on any atom is -0.426 e. The molecule has 1 heterocycles. The Morgan fingerprint density at radius 1 is 1.19 bits per heavy atom. The van der Waals surface area contributed by atoms with Gasteiger partial charge in [-0.05, 0) is 30.9 Å². The van der Waals surface area contributed by atoms with Crippen LogP contribution in [0.15, 0.2) is 30.3 Å². The quantitative estimate of drug-likeness (QED) is 0.632. The molecule has 1 aliphatic carbocycles. The van der Waals surface area contributed by atoms with E-state index in [1.807, 2.05) is 23.1 Å². The van der Waals surface area contributed by atoms with Crippen LogP contribution in [0, 0.1) is 11.8 Å². The summed E-state index contributed by atoms with van der Waals surface area (Å²) in [6, 6.07) is 9.05. The van der Waals surface area contributed by atoms with Crippen molar-refractivity contribution in [2.24, 2.45) is 11.8 Å². The lowest BCUT2D eigenvalue weighted by molar-refractivity contribution is -0.136. The molecule has 3 rings (SSSR count). The highest BCUT2D eigenvalue weighted by Crippen LogP contribution is 2.36. The number of likely N-dealkylation sites (tertiary alicyclic amines) is 1. The highest BCUT2D eigenvalue weighted by Gasteiger charge is 2.41. The highest BCUT2D eigenvalue weighted by atomic mass is 16.5. The van der Waals surface area contributed by atoms with Gasteiger partial charge in [-0.2, -0.15) is 0 Å². The minimum absolute atomic E-state index is 0.212. The second kappa shape index (κ2) is 6.29. The largest absolute Gasteiger partial charge is 0.426 e. The van der Waals surface area contributed by atoms with Gasteiger partial charge in [0.2, 0.25) is 5.91 Å². The Bertz CT molecular complexity index is 514. The maximum atomic E-state index is 12.3. The third-order valence-corrected chi connectivity index (χ3v) is 4.55. The molecule has 0 aromatic heterocycles. The third-order valence-electron chi connectivity index (χ3n) is 4.55. The zero-order chi connectivity index (χ0) is 14.7. The second-order valence-electron chi connectivity index (χ2n) is 5.97. The Hall–Kier alpha value is -1.84. The summed E-state index contributed by atoms with van der Waals surface area (Å²) in [5.41, 5.74) is 0. The predicted octanol–water partition coefficient (Wildman–Crippen LogP) is 2.63. The molecule has 0 spiro atoms. The van der Waals surface area contributed by atoms with E-state index >= 15 is 0 Å². The second-order valence-corrected chi connectivity index (χ2v) is 5.97. The van der Waals surface area contributed by atoms with Crippen molar-refractivity contribution in [2.45, 2.75) is 32.1 Å². The van der Waals surface area contributed by atoms with E-state index in [2.05, 4.69) is 0 Å². The van der Waals surface area contributed by atoms with Gasteiger partial charge in [-0.1, -0.05) is 31.0 Å². The van der Waals surface area contributed by atoms with Crippen molar-refractivity contribution in [2.75, 3.05) is 13.1 Å². The van der Waals surface area contributed by atoms with Gasteiger partial charge in [-0.3, -0.25) is 9.59 Å². The van der Waals surface area contributed by atoms with Crippen molar-refractivity contribution in [3.05, 3.63) is 30.3 Å². The molecule has 1 aliphatic heterocycles. The van der Waals surface area contributed by atoms with Gasteiger partial charge >= 0.3 is 5.97 Å². The third kappa shape index (κ3) is 3.26. The number of hydrogen-bond acceptors (Lipinski definition) is 3. The van der Waals surface area contributed by atoms with Gasteiger partial charge < -0.3 is 9.64 Å². The standard InChI is InChI=1S/C17H21NO3/c19-16(21-14-7-2-1-3-8-14)10-11-18-12-13-6-4-5-9-15(13)17(18)20/h1-3,7-8,13,15H,4-6,9-12H2. The van der Waals surface area contributed by atoms with Crippen LogP contribution >= 0.6 is 0 Å². The molecule has 2 atom stereocenters. The first-order valence-electron chi connectivity index (χ1n) is 7.78. The van der Waals surface area contributed by atoms with Gasteiger partial charge in [-0.15, -0.1) is 0 Å². The first kappa shape index (κ1) is 14.1. The average Bonchev–Trinajstić information content (AvgIpc) is 2.83. The van der Waals surface area contributed by atoms with Crippen molar-refractivity contribution in [3.63, 3.8) is 0 Å². The number of amides is 1. The summed E-state index contributed by atoms with van der Waals surface area (Å²) < 4.78 is 5.25. The van der Waals surface area contributed by atoms with E-state index in [9.17, 15) is 9.59 Å². The summed E-state index contributed by atoms with van der Waals surface area (Å²) in [7, 11) is 0. The molecule has 1 aromatic rings. The Morgan fingerprint density at radius 3 is 2.71 bits per heavy atom. The number of nitrogens with zero attached hydrogens (tertiary/aromatic N) is 1. The van der Waals surface area contributed by atoms with Crippen molar-refractivity contribution >= 4 is 11.9 Å². The van der Waals surface area contributed by atoms with Crippen LogP contribution in [0.5, 0.6) is 5.75 Å². The number of rotatable bonds is 4. The maximum Gasteiger partial charge on any atom is 0.312 e. The van der Waals surface area contributed by atoms with Crippen LogP contribution in [0.2, 0.25) is 0 Å². The maximum absolute atomic E-state index is 12.3. The van der Waals surface area contributed by atoms with E-state index in [1.165, 1.54) is 6.42 Å². The highest BCUT2D eigenvalue weighted by molar-refractivity contribution is 5.82. The van der Waals surface area contributed by atoms with E-state index in [0.717, 1.165) is 25.8 Å². The van der Waals surface area contributed by atoms with Crippen molar-refractivity contribution < 1.29 is 14.3 Å².